The summed E-state index contributed by atoms with van der Waals surface area (Å²) >= 11 is 0. The van der Waals surface area contributed by atoms with Crippen LogP contribution in [0.2, 0.25) is 0 Å². The van der Waals surface area contributed by atoms with Crippen molar-refractivity contribution in [3.8, 4) is 0 Å². The molecule has 0 aromatic carbocycles. The third-order valence-corrected chi connectivity index (χ3v) is 3.77. The van der Waals surface area contributed by atoms with E-state index in [0.717, 1.165) is 25.7 Å². The summed E-state index contributed by atoms with van der Waals surface area (Å²) in [6.45, 7) is 4.12. The van der Waals surface area contributed by atoms with Crippen LogP contribution in [0, 0.1) is 0 Å². The van der Waals surface area contributed by atoms with Crippen molar-refractivity contribution >= 4 is 5.97 Å². The van der Waals surface area contributed by atoms with Gasteiger partial charge in [0.05, 0.1) is 13.2 Å². The third-order valence-electron chi connectivity index (χ3n) is 3.77. The fourth-order valence-corrected chi connectivity index (χ4v) is 3.09. The lowest BCUT2D eigenvalue weighted by Gasteiger charge is -2.40. The van der Waals surface area contributed by atoms with Crippen molar-refractivity contribution in [2.45, 2.75) is 57.2 Å². The van der Waals surface area contributed by atoms with Gasteiger partial charge in [0.25, 0.3) is 0 Å². The Labute approximate surface area is 114 Å². The maximum absolute atomic E-state index is 12.2. The molecule has 0 amide bonds. The summed E-state index contributed by atoms with van der Waals surface area (Å²) in [4.78, 5) is 12.2. The van der Waals surface area contributed by atoms with Crippen molar-refractivity contribution in [3.05, 3.63) is 18.5 Å². The Balaban J connectivity index is 2.20. The highest BCUT2D eigenvalue weighted by molar-refractivity contribution is 5.81. The van der Waals surface area contributed by atoms with Crippen LogP contribution < -0.4 is 5.32 Å². The number of rotatable bonds is 4. The number of nitrogens with zero attached hydrogens (tertiary/aromatic N) is 2. The molecule has 1 N–H and O–H groups in total. The molecule has 2 atom stereocenters. The lowest BCUT2D eigenvalue weighted by molar-refractivity contribution is -0.151. The number of esters is 1. The molecular formula is C14H23N3O2. The van der Waals surface area contributed by atoms with Crippen LogP contribution in [0.15, 0.2) is 18.5 Å². The van der Waals surface area contributed by atoms with Gasteiger partial charge in [-0.05, 0) is 45.6 Å². The topological polar surface area (TPSA) is 56.1 Å². The van der Waals surface area contributed by atoms with Crippen LogP contribution in [0.5, 0.6) is 0 Å². The minimum Gasteiger partial charge on any atom is -0.468 e. The van der Waals surface area contributed by atoms with Crippen LogP contribution in [0.25, 0.3) is 0 Å². The molecule has 1 saturated carbocycles. The average molecular weight is 265 g/mol. The Morgan fingerprint density at radius 1 is 1.58 bits per heavy atom. The summed E-state index contributed by atoms with van der Waals surface area (Å²) in [6, 6.07) is 2.43. The molecular weight excluding hydrogens is 242 g/mol. The second-order valence-electron chi connectivity index (χ2n) is 5.61. The van der Waals surface area contributed by atoms with Crippen molar-refractivity contribution in [2.75, 3.05) is 7.11 Å². The predicted molar refractivity (Wildman–Crippen MR) is 72.8 cm³/mol. The summed E-state index contributed by atoms with van der Waals surface area (Å²) in [5.74, 6) is -0.155. The first-order valence-electron chi connectivity index (χ1n) is 6.92. The largest absolute Gasteiger partial charge is 0.468 e. The number of nitrogens with one attached hydrogen (secondary N) is 1. The van der Waals surface area contributed by atoms with E-state index in [-0.39, 0.29) is 18.1 Å². The van der Waals surface area contributed by atoms with Gasteiger partial charge in [0.2, 0.25) is 0 Å². The van der Waals surface area contributed by atoms with Gasteiger partial charge < -0.3 is 4.74 Å². The van der Waals surface area contributed by atoms with Gasteiger partial charge in [-0.3, -0.25) is 14.8 Å². The maximum Gasteiger partial charge on any atom is 0.326 e. The molecule has 2 unspecified atom stereocenters. The SMILES string of the molecule is COC(=O)C1(NC(C)C)CCCC(n2cccn2)C1. The number of methoxy groups -OCH3 is 1. The monoisotopic (exact) mass is 265 g/mol. The number of hydrogen-bond donors (Lipinski definition) is 1. The molecule has 1 aromatic heterocycles. The van der Waals surface area contributed by atoms with Crippen molar-refractivity contribution in [1.29, 1.82) is 0 Å². The van der Waals surface area contributed by atoms with Crippen LogP contribution in [-0.4, -0.2) is 34.4 Å². The van der Waals surface area contributed by atoms with Gasteiger partial charge in [-0.2, -0.15) is 5.10 Å². The molecule has 0 bridgehead atoms. The summed E-state index contributed by atoms with van der Waals surface area (Å²) in [7, 11) is 1.46. The van der Waals surface area contributed by atoms with Gasteiger partial charge in [0, 0.05) is 18.4 Å². The number of aromatic nitrogens is 2. The average Bonchev–Trinajstić information content (AvgIpc) is 2.91. The lowest BCUT2D eigenvalue weighted by atomic mass is 9.78. The van der Waals surface area contributed by atoms with Crippen molar-refractivity contribution < 1.29 is 9.53 Å². The summed E-state index contributed by atoms with van der Waals surface area (Å²) in [5, 5.41) is 7.73. The van der Waals surface area contributed by atoms with E-state index in [9.17, 15) is 4.79 Å². The van der Waals surface area contributed by atoms with E-state index in [4.69, 9.17) is 4.74 Å². The minimum absolute atomic E-state index is 0.155. The Bertz CT molecular complexity index is 416. The second-order valence-corrected chi connectivity index (χ2v) is 5.61. The second kappa shape index (κ2) is 5.74. The van der Waals surface area contributed by atoms with Crippen LogP contribution in [-0.2, 0) is 9.53 Å². The lowest BCUT2D eigenvalue weighted by Crippen LogP contribution is -2.57. The van der Waals surface area contributed by atoms with Crippen molar-refractivity contribution in [1.82, 2.24) is 15.1 Å². The van der Waals surface area contributed by atoms with Gasteiger partial charge in [-0.1, -0.05) is 0 Å². The Hall–Kier alpha value is -1.36. The molecule has 1 fully saturated rings. The first-order valence-corrected chi connectivity index (χ1v) is 6.92. The van der Waals surface area contributed by atoms with Crippen LogP contribution in [0.1, 0.15) is 45.6 Å². The van der Waals surface area contributed by atoms with E-state index >= 15 is 0 Å². The Morgan fingerprint density at radius 2 is 2.37 bits per heavy atom. The van der Waals surface area contributed by atoms with Crippen molar-refractivity contribution in [3.63, 3.8) is 0 Å². The molecule has 1 heterocycles. The van der Waals surface area contributed by atoms with E-state index < -0.39 is 5.54 Å². The predicted octanol–water partition coefficient (Wildman–Crippen LogP) is 1.91. The standard InChI is InChI=1S/C14H23N3O2/c1-11(2)16-14(13(18)19-3)7-4-6-12(10-14)17-9-5-8-15-17/h5,8-9,11-12,16H,4,6-7,10H2,1-3H3. The minimum atomic E-state index is -0.572. The van der Waals surface area contributed by atoms with E-state index in [2.05, 4.69) is 24.3 Å². The number of carbonyl (C=O) groups is 1. The van der Waals surface area contributed by atoms with Gasteiger partial charge in [-0.25, -0.2) is 0 Å². The smallest absolute Gasteiger partial charge is 0.326 e. The zero-order valence-electron chi connectivity index (χ0n) is 11.9. The molecule has 2 rings (SSSR count). The number of ether oxygens (including phenoxy) is 1. The molecule has 1 aliphatic rings. The molecule has 0 radical (unpaired) electrons. The number of hydrogen-bond acceptors (Lipinski definition) is 4. The first kappa shape index (κ1) is 14.1. The summed E-state index contributed by atoms with van der Waals surface area (Å²) in [5.41, 5.74) is -0.572. The first-order chi connectivity index (χ1) is 9.07. The van der Waals surface area contributed by atoms with Crippen molar-refractivity contribution in [2.24, 2.45) is 0 Å². The highest BCUT2D eigenvalue weighted by atomic mass is 16.5. The van der Waals surface area contributed by atoms with Gasteiger partial charge in [0.15, 0.2) is 0 Å². The molecule has 0 aliphatic heterocycles. The van der Waals surface area contributed by atoms with Gasteiger partial charge in [0.1, 0.15) is 5.54 Å². The summed E-state index contributed by atoms with van der Waals surface area (Å²) < 4.78 is 6.99. The van der Waals surface area contributed by atoms with Crippen LogP contribution in [0.3, 0.4) is 0 Å². The molecule has 1 aliphatic carbocycles. The molecule has 19 heavy (non-hydrogen) atoms. The van der Waals surface area contributed by atoms with E-state index in [1.807, 2.05) is 16.9 Å². The summed E-state index contributed by atoms with van der Waals surface area (Å²) in [6.07, 6.45) is 7.37. The molecule has 1 aromatic rings. The Kier molecular flexibility index (Phi) is 4.24. The molecule has 5 heteroatoms. The zero-order chi connectivity index (χ0) is 13.9. The number of carbonyl (C=O) groups excluding carboxylic acids is 1. The van der Waals surface area contributed by atoms with E-state index in [1.54, 1.807) is 6.20 Å². The molecule has 0 saturated heterocycles. The quantitative estimate of drug-likeness (QED) is 0.845. The molecule has 5 nitrogen and oxygen atoms in total. The maximum atomic E-state index is 12.2. The fraction of sp³-hybridized carbons (Fsp3) is 0.714. The fourth-order valence-electron chi connectivity index (χ4n) is 3.09. The molecule has 106 valence electrons. The van der Waals surface area contributed by atoms with Crippen LogP contribution in [0.4, 0.5) is 0 Å². The zero-order valence-corrected chi connectivity index (χ0v) is 11.9. The highest BCUT2D eigenvalue weighted by Crippen LogP contribution is 2.36. The van der Waals surface area contributed by atoms with Gasteiger partial charge >= 0.3 is 5.97 Å². The van der Waals surface area contributed by atoms with E-state index in [0.29, 0.717) is 0 Å². The third kappa shape index (κ3) is 2.97. The molecule has 0 spiro atoms. The normalized spacial score (nSPS) is 27.5. The highest BCUT2D eigenvalue weighted by Gasteiger charge is 2.44. The van der Waals surface area contributed by atoms with E-state index in [1.165, 1.54) is 7.11 Å². The van der Waals surface area contributed by atoms with Crippen LogP contribution >= 0.6 is 0 Å². The van der Waals surface area contributed by atoms with Gasteiger partial charge in [-0.15, -0.1) is 0 Å². The Morgan fingerprint density at radius 3 is 2.95 bits per heavy atom.